The molecule has 2 fully saturated rings. The molecule has 0 aliphatic heterocycles. The second-order valence-corrected chi connectivity index (χ2v) is 6.13. The summed E-state index contributed by atoms with van der Waals surface area (Å²) in [6.45, 7) is 0. The normalized spacial score (nSPS) is 21.1. The topological polar surface area (TPSA) is 24.1 Å². The quantitative estimate of drug-likeness (QED) is 0.822. The van der Waals surface area contributed by atoms with Crippen molar-refractivity contribution in [1.82, 2.24) is 5.32 Å². The van der Waals surface area contributed by atoms with Crippen LogP contribution in [0.4, 0.5) is 10.1 Å². The summed E-state index contributed by atoms with van der Waals surface area (Å²) in [6, 6.07) is 6.30. The van der Waals surface area contributed by atoms with E-state index in [1.165, 1.54) is 50.7 Å². The lowest BCUT2D eigenvalue weighted by Gasteiger charge is -2.32. The van der Waals surface area contributed by atoms with Crippen molar-refractivity contribution in [3.8, 4) is 0 Å². The third-order valence-electron chi connectivity index (χ3n) is 4.32. The van der Waals surface area contributed by atoms with Gasteiger partial charge in [-0.25, -0.2) is 4.39 Å². The number of rotatable bonds is 3. The zero-order valence-electron chi connectivity index (χ0n) is 10.9. The number of hydrogen-bond donors (Lipinski definition) is 2. The van der Waals surface area contributed by atoms with Crippen LogP contribution < -0.4 is 10.6 Å². The zero-order chi connectivity index (χ0) is 13.3. The van der Waals surface area contributed by atoms with Gasteiger partial charge in [0.15, 0.2) is 5.11 Å². The number of hydrogen-bond acceptors (Lipinski definition) is 1. The third kappa shape index (κ3) is 2.89. The summed E-state index contributed by atoms with van der Waals surface area (Å²) in [4.78, 5) is 0. The highest BCUT2D eigenvalue weighted by Crippen LogP contribution is 2.48. The van der Waals surface area contributed by atoms with E-state index in [4.69, 9.17) is 12.2 Å². The Balaban J connectivity index is 1.62. The van der Waals surface area contributed by atoms with E-state index in [0.29, 0.717) is 5.11 Å². The Morgan fingerprint density at radius 3 is 2.37 bits per heavy atom. The van der Waals surface area contributed by atoms with Crippen molar-refractivity contribution in [1.29, 1.82) is 0 Å². The van der Waals surface area contributed by atoms with Crippen LogP contribution in [0.5, 0.6) is 0 Å². The van der Waals surface area contributed by atoms with Crippen LogP contribution >= 0.6 is 12.2 Å². The molecule has 0 unspecified atom stereocenters. The van der Waals surface area contributed by atoms with Crippen LogP contribution in [-0.4, -0.2) is 10.7 Å². The summed E-state index contributed by atoms with van der Waals surface area (Å²) in [7, 11) is 0. The first-order chi connectivity index (χ1) is 9.18. The summed E-state index contributed by atoms with van der Waals surface area (Å²) in [6.07, 6.45) is 7.69. The number of halogens is 1. The summed E-state index contributed by atoms with van der Waals surface area (Å²) in [5.41, 5.74) is 1.06. The van der Waals surface area contributed by atoms with Gasteiger partial charge in [0.1, 0.15) is 5.82 Å². The maximum atomic E-state index is 12.9. The maximum Gasteiger partial charge on any atom is 0.171 e. The van der Waals surface area contributed by atoms with Crippen LogP contribution in [0, 0.1) is 11.7 Å². The number of anilines is 1. The van der Waals surface area contributed by atoms with Crippen molar-refractivity contribution in [2.75, 3.05) is 5.32 Å². The highest BCUT2D eigenvalue weighted by Gasteiger charge is 2.47. The monoisotopic (exact) mass is 278 g/mol. The Morgan fingerprint density at radius 1 is 1.16 bits per heavy atom. The fraction of sp³-hybridized carbons (Fsp3) is 0.533. The van der Waals surface area contributed by atoms with Gasteiger partial charge in [0.2, 0.25) is 0 Å². The van der Waals surface area contributed by atoms with E-state index >= 15 is 0 Å². The molecule has 2 saturated carbocycles. The first kappa shape index (κ1) is 12.9. The van der Waals surface area contributed by atoms with E-state index < -0.39 is 0 Å². The van der Waals surface area contributed by atoms with E-state index in [-0.39, 0.29) is 11.4 Å². The molecule has 1 aromatic rings. The van der Waals surface area contributed by atoms with Crippen molar-refractivity contribution in [2.24, 2.45) is 5.92 Å². The maximum absolute atomic E-state index is 12.9. The van der Waals surface area contributed by atoms with Gasteiger partial charge in [-0.05, 0) is 68.1 Å². The molecule has 2 N–H and O–H groups in total. The van der Waals surface area contributed by atoms with Gasteiger partial charge in [-0.3, -0.25) is 0 Å². The Bertz CT molecular complexity index is 462. The van der Waals surface area contributed by atoms with Crippen LogP contribution in [0.3, 0.4) is 0 Å². The molecule has 0 aromatic heterocycles. The molecule has 0 bridgehead atoms. The fourth-order valence-electron chi connectivity index (χ4n) is 3.20. The first-order valence-corrected chi connectivity index (χ1v) is 7.44. The number of thiocarbonyl (C=S) groups is 1. The van der Waals surface area contributed by atoms with E-state index in [1.807, 2.05) is 0 Å². The molecule has 3 rings (SSSR count). The van der Waals surface area contributed by atoms with Crippen molar-refractivity contribution < 1.29 is 4.39 Å². The molecule has 2 aliphatic carbocycles. The predicted octanol–water partition coefficient (Wildman–Crippen LogP) is 3.83. The SMILES string of the molecule is Fc1ccc(NC(=S)NC2(C3CC3)CCCC2)cc1. The van der Waals surface area contributed by atoms with Gasteiger partial charge in [0.05, 0.1) is 0 Å². The Kier molecular flexibility index (Phi) is 3.44. The molecule has 0 saturated heterocycles. The van der Waals surface area contributed by atoms with Crippen molar-refractivity contribution in [3.05, 3.63) is 30.1 Å². The van der Waals surface area contributed by atoms with E-state index in [1.54, 1.807) is 12.1 Å². The highest BCUT2D eigenvalue weighted by molar-refractivity contribution is 7.80. The van der Waals surface area contributed by atoms with Gasteiger partial charge in [0.25, 0.3) is 0 Å². The lowest BCUT2D eigenvalue weighted by molar-refractivity contribution is 0.340. The van der Waals surface area contributed by atoms with Crippen LogP contribution in [0.15, 0.2) is 24.3 Å². The van der Waals surface area contributed by atoms with Gasteiger partial charge in [-0.1, -0.05) is 12.8 Å². The molecule has 2 aliphatic rings. The zero-order valence-corrected chi connectivity index (χ0v) is 11.7. The first-order valence-electron chi connectivity index (χ1n) is 7.03. The van der Waals surface area contributed by atoms with E-state index in [0.717, 1.165) is 11.6 Å². The number of nitrogens with one attached hydrogen (secondary N) is 2. The molecular formula is C15H19FN2S. The summed E-state index contributed by atoms with van der Waals surface area (Å²) in [5.74, 6) is 0.567. The van der Waals surface area contributed by atoms with Gasteiger partial charge >= 0.3 is 0 Å². The molecular weight excluding hydrogens is 259 g/mol. The van der Waals surface area contributed by atoms with Gasteiger partial charge < -0.3 is 10.6 Å². The minimum absolute atomic E-state index is 0.226. The highest BCUT2D eigenvalue weighted by atomic mass is 32.1. The lowest BCUT2D eigenvalue weighted by Crippen LogP contribution is -2.49. The summed E-state index contributed by atoms with van der Waals surface area (Å²) >= 11 is 5.41. The third-order valence-corrected chi connectivity index (χ3v) is 4.52. The fourth-order valence-corrected chi connectivity index (χ4v) is 3.52. The van der Waals surface area contributed by atoms with Crippen LogP contribution in [0.25, 0.3) is 0 Å². The largest absolute Gasteiger partial charge is 0.357 e. The van der Waals surface area contributed by atoms with Crippen molar-refractivity contribution >= 4 is 23.0 Å². The molecule has 0 amide bonds. The standard InChI is InChI=1S/C15H19FN2S/c16-12-5-7-13(8-6-12)17-14(19)18-15(11-3-4-11)9-1-2-10-15/h5-8,11H,1-4,9-10H2,(H2,17,18,19). The van der Waals surface area contributed by atoms with Crippen molar-refractivity contribution in [2.45, 2.75) is 44.1 Å². The van der Waals surface area contributed by atoms with Gasteiger partial charge in [0, 0.05) is 11.2 Å². The van der Waals surface area contributed by atoms with Crippen LogP contribution in [0.2, 0.25) is 0 Å². The molecule has 0 spiro atoms. The summed E-state index contributed by atoms with van der Waals surface area (Å²) in [5, 5.41) is 7.37. The second-order valence-electron chi connectivity index (χ2n) is 5.72. The van der Waals surface area contributed by atoms with Crippen LogP contribution in [0.1, 0.15) is 38.5 Å². The average molecular weight is 278 g/mol. The molecule has 0 radical (unpaired) electrons. The Labute approximate surface area is 118 Å². The molecule has 4 heteroatoms. The molecule has 102 valence electrons. The summed E-state index contributed by atoms with van der Waals surface area (Å²) < 4.78 is 12.9. The smallest absolute Gasteiger partial charge is 0.171 e. The van der Waals surface area contributed by atoms with Crippen molar-refractivity contribution in [3.63, 3.8) is 0 Å². The molecule has 0 heterocycles. The van der Waals surface area contributed by atoms with Crippen LogP contribution in [-0.2, 0) is 0 Å². The average Bonchev–Trinajstić information content (AvgIpc) is 3.15. The van der Waals surface area contributed by atoms with Gasteiger partial charge in [-0.2, -0.15) is 0 Å². The van der Waals surface area contributed by atoms with Gasteiger partial charge in [-0.15, -0.1) is 0 Å². The minimum Gasteiger partial charge on any atom is -0.357 e. The Morgan fingerprint density at radius 2 is 1.79 bits per heavy atom. The molecule has 0 atom stereocenters. The second kappa shape index (κ2) is 5.08. The molecule has 19 heavy (non-hydrogen) atoms. The molecule has 2 nitrogen and oxygen atoms in total. The lowest BCUT2D eigenvalue weighted by atomic mass is 9.91. The minimum atomic E-state index is -0.227. The Hall–Kier alpha value is -1.16. The predicted molar refractivity (Wildman–Crippen MR) is 79.7 cm³/mol. The van der Waals surface area contributed by atoms with E-state index in [2.05, 4.69) is 10.6 Å². The van der Waals surface area contributed by atoms with E-state index in [9.17, 15) is 4.39 Å². The number of benzene rings is 1. The molecule has 1 aromatic carbocycles.